The number of nitrogens with one attached hydrogen (secondary N) is 1. The van der Waals surface area contributed by atoms with Gasteiger partial charge in [-0.2, -0.15) is 0 Å². The lowest BCUT2D eigenvalue weighted by atomic mass is 9.83. The zero-order chi connectivity index (χ0) is 10.9. The van der Waals surface area contributed by atoms with Crippen LogP contribution in [0.3, 0.4) is 0 Å². The van der Waals surface area contributed by atoms with Gasteiger partial charge in [-0.15, -0.1) is 0 Å². The average molecular weight is 211 g/mol. The van der Waals surface area contributed by atoms with E-state index in [4.69, 9.17) is 0 Å². The van der Waals surface area contributed by atoms with Gasteiger partial charge in [0.05, 0.1) is 0 Å². The Morgan fingerprint density at radius 2 is 1.73 bits per heavy atom. The molecule has 4 heteroatoms. The quantitative estimate of drug-likeness (QED) is 0.739. The van der Waals surface area contributed by atoms with Crippen molar-refractivity contribution in [1.29, 1.82) is 0 Å². The van der Waals surface area contributed by atoms with Crippen LogP contribution in [0.1, 0.15) is 44.9 Å². The van der Waals surface area contributed by atoms with Crippen LogP contribution in [0.2, 0.25) is 0 Å². The first-order valence-corrected chi connectivity index (χ1v) is 5.69. The van der Waals surface area contributed by atoms with Crippen LogP contribution in [0.4, 0.5) is 0 Å². The van der Waals surface area contributed by atoms with Crippen LogP contribution >= 0.6 is 0 Å². The predicted molar refractivity (Wildman–Crippen MR) is 54.3 cm³/mol. The monoisotopic (exact) mass is 211 g/mol. The summed E-state index contributed by atoms with van der Waals surface area (Å²) in [6.07, 6.45) is 5.90. The first kappa shape index (κ1) is 10.5. The van der Waals surface area contributed by atoms with Crippen molar-refractivity contribution in [2.24, 2.45) is 5.92 Å². The van der Waals surface area contributed by atoms with Gasteiger partial charge in [0.15, 0.2) is 0 Å². The van der Waals surface area contributed by atoms with E-state index in [-0.39, 0.29) is 11.8 Å². The third-order valence-corrected chi connectivity index (χ3v) is 3.70. The summed E-state index contributed by atoms with van der Waals surface area (Å²) in [5.41, 5.74) is -0.952. The molecule has 0 aliphatic heterocycles. The lowest BCUT2D eigenvalue weighted by Crippen LogP contribution is -2.54. The van der Waals surface area contributed by atoms with Gasteiger partial charge >= 0.3 is 5.97 Å². The summed E-state index contributed by atoms with van der Waals surface area (Å²) < 4.78 is 0. The maximum atomic E-state index is 11.7. The number of carboxylic acid groups (broad SMARTS) is 1. The highest BCUT2D eigenvalue weighted by atomic mass is 16.4. The molecule has 0 atom stereocenters. The van der Waals surface area contributed by atoms with Crippen LogP contribution in [0.25, 0.3) is 0 Å². The van der Waals surface area contributed by atoms with Crippen molar-refractivity contribution in [1.82, 2.24) is 5.32 Å². The zero-order valence-electron chi connectivity index (χ0n) is 8.79. The Balaban J connectivity index is 2.00. The highest BCUT2D eigenvalue weighted by molar-refractivity contribution is 5.88. The molecule has 2 aliphatic rings. The maximum Gasteiger partial charge on any atom is 0.329 e. The number of amides is 1. The van der Waals surface area contributed by atoms with Crippen molar-refractivity contribution in [2.75, 3.05) is 0 Å². The SMILES string of the molecule is O=C(NC1(C(=O)O)CCCC1)C1CCC1. The molecular weight excluding hydrogens is 194 g/mol. The Morgan fingerprint density at radius 1 is 1.13 bits per heavy atom. The molecule has 4 nitrogen and oxygen atoms in total. The van der Waals surface area contributed by atoms with E-state index in [0.29, 0.717) is 12.8 Å². The van der Waals surface area contributed by atoms with Crippen LogP contribution < -0.4 is 5.32 Å². The molecule has 0 aromatic rings. The summed E-state index contributed by atoms with van der Waals surface area (Å²) in [5, 5.41) is 11.9. The van der Waals surface area contributed by atoms with Crippen LogP contribution in [0.5, 0.6) is 0 Å². The minimum atomic E-state index is -0.952. The first-order chi connectivity index (χ1) is 7.14. The normalized spacial score (nSPS) is 24.5. The molecule has 2 aliphatic carbocycles. The van der Waals surface area contributed by atoms with Crippen LogP contribution in [-0.2, 0) is 9.59 Å². The molecule has 2 saturated carbocycles. The van der Waals surface area contributed by atoms with Gasteiger partial charge in [-0.05, 0) is 25.7 Å². The minimum absolute atomic E-state index is 0.0504. The Bertz CT molecular complexity index is 278. The van der Waals surface area contributed by atoms with E-state index < -0.39 is 11.5 Å². The molecule has 2 N–H and O–H groups in total. The standard InChI is InChI=1S/C11H17NO3/c13-9(8-4-3-5-8)12-11(10(14)15)6-1-2-7-11/h8H,1-7H2,(H,12,13)(H,14,15). The predicted octanol–water partition coefficient (Wildman–Crippen LogP) is 1.30. The summed E-state index contributed by atoms with van der Waals surface area (Å²) >= 11 is 0. The molecule has 0 radical (unpaired) electrons. The maximum absolute atomic E-state index is 11.7. The summed E-state index contributed by atoms with van der Waals surface area (Å²) in [5.74, 6) is -0.847. The van der Waals surface area contributed by atoms with Crippen molar-refractivity contribution < 1.29 is 14.7 Å². The smallest absolute Gasteiger partial charge is 0.329 e. The summed E-state index contributed by atoms with van der Waals surface area (Å²) in [7, 11) is 0. The fourth-order valence-electron chi connectivity index (χ4n) is 2.38. The van der Waals surface area contributed by atoms with E-state index in [2.05, 4.69) is 5.32 Å². The molecule has 0 saturated heterocycles. The molecule has 84 valence electrons. The lowest BCUT2D eigenvalue weighted by Gasteiger charge is -2.31. The molecule has 0 unspecified atom stereocenters. The molecule has 0 heterocycles. The second kappa shape index (κ2) is 3.83. The van der Waals surface area contributed by atoms with E-state index in [1.807, 2.05) is 0 Å². The van der Waals surface area contributed by atoms with E-state index in [0.717, 1.165) is 32.1 Å². The van der Waals surface area contributed by atoms with Gasteiger partial charge in [-0.3, -0.25) is 4.79 Å². The fourth-order valence-corrected chi connectivity index (χ4v) is 2.38. The highest BCUT2D eigenvalue weighted by Crippen LogP contribution is 2.32. The molecule has 0 aromatic heterocycles. The number of carbonyl (C=O) groups excluding carboxylic acids is 1. The number of hydrogen-bond donors (Lipinski definition) is 2. The number of aliphatic carboxylic acids is 1. The third kappa shape index (κ3) is 1.85. The van der Waals surface area contributed by atoms with Gasteiger partial charge in [-0.25, -0.2) is 4.79 Å². The van der Waals surface area contributed by atoms with Gasteiger partial charge in [0.1, 0.15) is 5.54 Å². The highest BCUT2D eigenvalue weighted by Gasteiger charge is 2.44. The fraction of sp³-hybridized carbons (Fsp3) is 0.818. The van der Waals surface area contributed by atoms with Crippen molar-refractivity contribution in [3.63, 3.8) is 0 Å². The molecule has 2 fully saturated rings. The summed E-state index contributed by atoms with van der Waals surface area (Å²) in [6, 6.07) is 0. The molecular formula is C11H17NO3. The van der Waals surface area contributed by atoms with E-state index >= 15 is 0 Å². The number of rotatable bonds is 3. The van der Waals surface area contributed by atoms with E-state index in [1.54, 1.807) is 0 Å². The minimum Gasteiger partial charge on any atom is -0.480 e. The topological polar surface area (TPSA) is 66.4 Å². The Kier molecular flexibility index (Phi) is 2.67. The second-order valence-electron chi connectivity index (χ2n) is 4.71. The summed E-state index contributed by atoms with van der Waals surface area (Å²) in [6.45, 7) is 0. The second-order valence-corrected chi connectivity index (χ2v) is 4.71. The van der Waals surface area contributed by atoms with Gasteiger partial charge in [0, 0.05) is 5.92 Å². The molecule has 1 amide bonds. The van der Waals surface area contributed by atoms with Gasteiger partial charge < -0.3 is 10.4 Å². The Morgan fingerprint density at radius 3 is 2.13 bits per heavy atom. The van der Waals surface area contributed by atoms with Crippen molar-refractivity contribution in [2.45, 2.75) is 50.5 Å². The molecule has 0 aromatic carbocycles. The molecule has 2 rings (SSSR count). The lowest BCUT2D eigenvalue weighted by molar-refractivity contribution is -0.148. The zero-order valence-corrected chi connectivity index (χ0v) is 8.79. The van der Waals surface area contributed by atoms with Gasteiger partial charge in [0.25, 0.3) is 0 Å². The van der Waals surface area contributed by atoms with Crippen LogP contribution in [0, 0.1) is 5.92 Å². The van der Waals surface area contributed by atoms with Gasteiger partial charge in [0.2, 0.25) is 5.91 Å². The molecule has 0 bridgehead atoms. The van der Waals surface area contributed by atoms with E-state index in [1.165, 1.54) is 0 Å². The Labute approximate surface area is 89.0 Å². The number of hydrogen-bond acceptors (Lipinski definition) is 2. The van der Waals surface area contributed by atoms with Crippen molar-refractivity contribution >= 4 is 11.9 Å². The van der Waals surface area contributed by atoms with Crippen molar-refractivity contribution in [3.8, 4) is 0 Å². The largest absolute Gasteiger partial charge is 0.480 e. The van der Waals surface area contributed by atoms with Crippen LogP contribution in [0.15, 0.2) is 0 Å². The van der Waals surface area contributed by atoms with Gasteiger partial charge in [-0.1, -0.05) is 19.3 Å². The molecule has 0 spiro atoms. The first-order valence-electron chi connectivity index (χ1n) is 5.69. The average Bonchev–Trinajstić information content (AvgIpc) is 2.50. The summed E-state index contributed by atoms with van der Waals surface area (Å²) in [4.78, 5) is 22.9. The Hall–Kier alpha value is -1.06. The van der Waals surface area contributed by atoms with Crippen molar-refractivity contribution in [3.05, 3.63) is 0 Å². The number of carboxylic acids is 1. The van der Waals surface area contributed by atoms with Crippen LogP contribution in [-0.4, -0.2) is 22.5 Å². The number of carbonyl (C=O) groups is 2. The third-order valence-electron chi connectivity index (χ3n) is 3.70. The molecule has 15 heavy (non-hydrogen) atoms. The van der Waals surface area contributed by atoms with E-state index in [9.17, 15) is 14.7 Å².